The van der Waals surface area contributed by atoms with E-state index in [1.165, 1.54) is 0 Å². The van der Waals surface area contributed by atoms with Crippen LogP contribution in [0.3, 0.4) is 0 Å². The molecule has 0 aliphatic heterocycles. The number of carboxylic acids is 1. The molecular formula is C15H17N3O3. The van der Waals surface area contributed by atoms with Crippen molar-refractivity contribution >= 4 is 12.0 Å². The Hall–Kier alpha value is -2.55. The maximum atomic E-state index is 11.7. The Morgan fingerprint density at radius 1 is 1.29 bits per heavy atom. The van der Waals surface area contributed by atoms with Gasteiger partial charge in [0.15, 0.2) is 0 Å². The largest absolute Gasteiger partial charge is 0.481 e. The van der Waals surface area contributed by atoms with Crippen LogP contribution in [0.4, 0.5) is 4.79 Å². The van der Waals surface area contributed by atoms with Crippen molar-refractivity contribution in [3.8, 4) is 6.07 Å². The minimum absolute atomic E-state index is 0.0768. The molecule has 0 aromatic heterocycles. The number of amides is 2. The summed E-state index contributed by atoms with van der Waals surface area (Å²) in [5.41, 5.74) is 1.48. The molecule has 2 rings (SSSR count). The quantitative estimate of drug-likeness (QED) is 0.782. The Kier molecular flexibility index (Phi) is 4.77. The Bertz CT molecular complexity index is 563. The fourth-order valence-electron chi connectivity index (χ4n) is 2.45. The lowest BCUT2D eigenvalue weighted by molar-refractivity contribution is -0.141. The van der Waals surface area contributed by atoms with E-state index in [0.717, 1.165) is 5.56 Å². The van der Waals surface area contributed by atoms with Gasteiger partial charge in [-0.1, -0.05) is 12.1 Å². The van der Waals surface area contributed by atoms with Crippen LogP contribution in [-0.2, 0) is 11.3 Å². The number of carbonyl (C=O) groups excluding carboxylic acids is 1. The summed E-state index contributed by atoms with van der Waals surface area (Å²) in [6.45, 7) is 0.368. The molecule has 1 aliphatic carbocycles. The van der Waals surface area contributed by atoms with Crippen molar-refractivity contribution in [2.24, 2.45) is 5.92 Å². The first-order valence-electron chi connectivity index (χ1n) is 6.84. The van der Waals surface area contributed by atoms with Crippen molar-refractivity contribution in [1.82, 2.24) is 10.6 Å². The van der Waals surface area contributed by atoms with Gasteiger partial charge in [0.25, 0.3) is 0 Å². The van der Waals surface area contributed by atoms with E-state index in [9.17, 15) is 9.59 Å². The van der Waals surface area contributed by atoms with E-state index in [1.807, 2.05) is 6.07 Å². The number of aliphatic carboxylic acids is 1. The third kappa shape index (κ3) is 4.21. The number of hydrogen-bond acceptors (Lipinski definition) is 3. The lowest BCUT2D eigenvalue weighted by Crippen LogP contribution is -2.40. The molecule has 0 radical (unpaired) electrons. The fraction of sp³-hybridized carbons (Fsp3) is 0.400. The summed E-state index contributed by atoms with van der Waals surface area (Å²) in [6, 6.07) is 8.63. The molecule has 1 aliphatic rings. The summed E-state index contributed by atoms with van der Waals surface area (Å²) in [4.78, 5) is 22.6. The maximum Gasteiger partial charge on any atom is 0.315 e. The third-order valence-corrected chi connectivity index (χ3v) is 3.65. The monoisotopic (exact) mass is 287 g/mol. The van der Waals surface area contributed by atoms with E-state index in [1.54, 1.807) is 24.3 Å². The van der Waals surface area contributed by atoms with Crippen LogP contribution in [0.15, 0.2) is 24.3 Å². The van der Waals surface area contributed by atoms with Gasteiger partial charge in [-0.05, 0) is 37.0 Å². The number of hydrogen-bond donors (Lipinski definition) is 3. The molecule has 2 amide bonds. The lowest BCUT2D eigenvalue weighted by atomic mass is 10.1. The molecule has 0 spiro atoms. The van der Waals surface area contributed by atoms with Crippen LogP contribution in [0, 0.1) is 17.2 Å². The van der Waals surface area contributed by atoms with Gasteiger partial charge < -0.3 is 15.7 Å². The molecule has 1 aromatic carbocycles. The average molecular weight is 287 g/mol. The van der Waals surface area contributed by atoms with Crippen molar-refractivity contribution in [3.63, 3.8) is 0 Å². The van der Waals surface area contributed by atoms with E-state index in [-0.39, 0.29) is 18.0 Å². The Balaban J connectivity index is 1.75. The molecule has 6 heteroatoms. The second kappa shape index (κ2) is 6.75. The van der Waals surface area contributed by atoms with Gasteiger partial charge in [0.2, 0.25) is 0 Å². The van der Waals surface area contributed by atoms with Gasteiger partial charge in [0.05, 0.1) is 17.6 Å². The summed E-state index contributed by atoms with van der Waals surface area (Å²) in [5, 5.41) is 23.1. The summed E-state index contributed by atoms with van der Waals surface area (Å²) in [6.07, 6.45) is 1.79. The highest BCUT2D eigenvalue weighted by Crippen LogP contribution is 2.25. The van der Waals surface area contributed by atoms with E-state index in [4.69, 9.17) is 10.4 Å². The highest BCUT2D eigenvalue weighted by molar-refractivity contribution is 5.75. The van der Waals surface area contributed by atoms with Crippen molar-refractivity contribution < 1.29 is 14.7 Å². The molecule has 21 heavy (non-hydrogen) atoms. The van der Waals surface area contributed by atoms with Crippen LogP contribution >= 0.6 is 0 Å². The second-order valence-corrected chi connectivity index (χ2v) is 5.18. The standard InChI is InChI=1S/C15H17N3O3/c16-8-10-1-3-11(4-2-10)9-17-15(21)18-13-6-5-12(7-13)14(19)20/h1-4,12-13H,5-7,9H2,(H,19,20)(H2,17,18,21)/t12-,13+/m1/s1. The summed E-state index contributed by atoms with van der Waals surface area (Å²) in [5.74, 6) is -1.15. The first-order valence-corrected chi connectivity index (χ1v) is 6.84. The predicted molar refractivity (Wildman–Crippen MR) is 75.3 cm³/mol. The smallest absolute Gasteiger partial charge is 0.315 e. The zero-order valence-corrected chi connectivity index (χ0v) is 11.5. The SMILES string of the molecule is N#Cc1ccc(CNC(=O)N[C@H]2CC[C@@H](C(=O)O)C2)cc1. The molecule has 0 saturated heterocycles. The number of nitrogens with zero attached hydrogens (tertiary/aromatic N) is 1. The number of rotatable bonds is 4. The second-order valence-electron chi connectivity index (χ2n) is 5.18. The van der Waals surface area contributed by atoms with E-state index < -0.39 is 5.97 Å². The number of carboxylic acid groups (broad SMARTS) is 1. The van der Waals surface area contributed by atoms with E-state index in [0.29, 0.717) is 31.4 Å². The number of nitriles is 1. The van der Waals surface area contributed by atoms with Gasteiger partial charge in [-0.3, -0.25) is 4.79 Å². The molecule has 0 bridgehead atoms. The van der Waals surface area contributed by atoms with Gasteiger partial charge in [-0.2, -0.15) is 5.26 Å². The van der Waals surface area contributed by atoms with E-state index >= 15 is 0 Å². The van der Waals surface area contributed by atoms with Crippen LogP contribution in [0.5, 0.6) is 0 Å². The zero-order chi connectivity index (χ0) is 15.2. The Morgan fingerprint density at radius 2 is 2.00 bits per heavy atom. The van der Waals surface area contributed by atoms with Gasteiger partial charge >= 0.3 is 12.0 Å². The van der Waals surface area contributed by atoms with Crippen LogP contribution in [0.1, 0.15) is 30.4 Å². The average Bonchev–Trinajstić information content (AvgIpc) is 2.94. The van der Waals surface area contributed by atoms with Crippen LogP contribution in [-0.4, -0.2) is 23.1 Å². The van der Waals surface area contributed by atoms with Crippen molar-refractivity contribution in [3.05, 3.63) is 35.4 Å². The molecule has 2 atom stereocenters. The van der Waals surface area contributed by atoms with Crippen molar-refractivity contribution in [2.45, 2.75) is 31.8 Å². The molecule has 3 N–H and O–H groups in total. The molecule has 1 fully saturated rings. The van der Waals surface area contributed by atoms with Gasteiger partial charge in [-0.25, -0.2) is 4.79 Å². The van der Waals surface area contributed by atoms with Gasteiger partial charge in [-0.15, -0.1) is 0 Å². The Labute approximate surface area is 122 Å². The molecule has 0 unspecified atom stereocenters. The topological polar surface area (TPSA) is 102 Å². The number of benzene rings is 1. The minimum Gasteiger partial charge on any atom is -0.481 e. The Morgan fingerprint density at radius 3 is 2.57 bits per heavy atom. The van der Waals surface area contributed by atoms with Crippen LogP contribution in [0.25, 0.3) is 0 Å². The fourth-order valence-corrected chi connectivity index (χ4v) is 2.45. The molecular weight excluding hydrogens is 270 g/mol. The normalized spacial score (nSPS) is 20.5. The zero-order valence-electron chi connectivity index (χ0n) is 11.5. The summed E-state index contributed by atoms with van der Waals surface area (Å²) >= 11 is 0. The molecule has 6 nitrogen and oxygen atoms in total. The summed E-state index contributed by atoms with van der Waals surface area (Å²) in [7, 11) is 0. The number of urea groups is 1. The van der Waals surface area contributed by atoms with Crippen LogP contribution in [0.2, 0.25) is 0 Å². The minimum atomic E-state index is -0.794. The molecule has 1 saturated carbocycles. The third-order valence-electron chi connectivity index (χ3n) is 3.65. The van der Waals surface area contributed by atoms with E-state index in [2.05, 4.69) is 10.6 Å². The van der Waals surface area contributed by atoms with Crippen LogP contribution < -0.4 is 10.6 Å². The first-order chi connectivity index (χ1) is 10.1. The summed E-state index contributed by atoms with van der Waals surface area (Å²) < 4.78 is 0. The van der Waals surface area contributed by atoms with Gasteiger partial charge in [0.1, 0.15) is 0 Å². The highest BCUT2D eigenvalue weighted by atomic mass is 16.4. The highest BCUT2D eigenvalue weighted by Gasteiger charge is 2.30. The van der Waals surface area contributed by atoms with Crippen molar-refractivity contribution in [2.75, 3.05) is 0 Å². The number of carbonyl (C=O) groups is 2. The molecule has 0 heterocycles. The first kappa shape index (κ1) is 14.9. The number of nitrogens with one attached hydrogen (secondary N) is 2. The lowest BCUT2D eigenvalue weighted by Gasteiger charge is -2.13. The predicted octanol–water partition coefficient (Wildman–Crippen LogP) is 1.61. The molecule has 110 valence electrons. The maximum absolute atomic E-state index is 11.7. The van der Waals surface area contributed by atoms with Gasteiger partial charge in [0, 0.05) is 12.6 Å². The molecule has 1 aromatic rings. The van der Waals surface area contributed by atoms with Crippen molar-refractivity contribution in [1.29, 1.82) is 5.26 Å².